The van der Waals surface area contributed by atoms with Crippen molar-refractivity contribution in [1.82, 2.24) is 10.6 Å². The van der Waals surface area contributed by atoms with Crippen molar-refractivity contribution < 1.29 is 14.4 Å². The van der Waals surface area contributed by atoms with Crippen LogP contribution in [0, 0.1) is 0 Å². The third-order valence-electron chi connectivity index (χ3n) is 5.62. The number of hydrogen-bond donors (Lipinski definition) is 4. The van der Waals surface area contributed by atoms with Crippen LogP contribution in [0.4, 0.5) is 11.4 Å². The predicted octanol–water partition coefficient (Wildman–Crippen LogP) is 4.76. The molecule has 2 atom stereocenters. The molecule has 0 heterocycles. The van der Waals surface area contributed by atoms with E-state index >= 15 is 0 Å². The molecule has 0 aliphatic carbocycles. The Morgan fingerprint density at radius 1 is 0.743 bits per heavy atom. The lowest BCUT2D eigenvalue weighted by Gasteiger charge is -2.15. The van der Waals surface area contributed by atoms with Crippen molar-refractivity contribution in [3.63, 3.8) is 0 Å². The molecule has 0 fully saturated rings. The first-order valence-electron chi connectivity index (χ1n) is 11.8. The lowest BCUT2D eigenvalue weighted by Crippen LogP contribution is -2.31. The van der Waals surface area contributed by atoms with E-state index in [4.69, 9.17) is 0 Å². The van der Waals surface area contributed by atoms with Crippen LogP contribution in [0.1, 0.15) is 59.5 Å². The smallest absolute Gasteiger partial charge is 0.251 e. The van der Waals surface area contributed by atoms with E-state index in [1.165, 1.54) is 0 Å². The van der Waals surface area contributed by atoms with Gasteiger partial charge < -0.3 is 21.3 Å². The van der Waals surface area contributed by atoms with Gasteiger partial charge in [-0.05, 0) is 62.2 Å². The van der Waals surface area contributed by atoms with Crippen LogP contribution in [-0.2, 0) is 4.79 Å². The van der Waals surface area contributed by atoms with Gasteiger partial charge in [0.15, 0.2) is 0 Å². The number of hydrogen-bond acceptors (Lipinski definition) is 4. The summed E-state index contributed by atoms with van der Waals surface area (Å²) in [5.41, 5.74) is 3.19. The molecule has 3 aromatic rings. The maximum absolute atomic E-state index is 12.7. The molecule has 3 aromatic carbocycles. The van der Waals surface area contributed by atoms with Crippen molar-refractivity contribution in [3.8, 4) is 0 Å². The van der Waals surface area contributed by atoms with Crippen LogP contribution < -0.4 is 21.3 Å². The van der Waals surface area contributed by atoms with Gasteiger partial charge >= 0.3 is 0 Å². The highest BCUT2D eigenvalue weighted by molar-refractivity contribution is 5.98. The van der Waals surface area contributed by atoms with E-state index in [1.54, 1.807) is 48.5 Å². The molecule has 7 nitrogen and oxygen atoms in total. The predicted molar refractivity (Wildman–Crippen MR) is 140 cm³/mol. The Morgan fingerprint density at radius 3 is 2.00 bits per heavy atom. The Bertz CT molecular complexity index is 1160. The van der Waals surface area contributed by atoms with Gasteiger partial charge in [0.25, 0.3) is 11.8 Å². The third kappa shape index (κ3) is 7.71. The van der Waals surface area contributed by atoms with Crippen molar-refractivity contribution >= 4 is 29.1 Å². The van der Waals surface area contributed by atoms with Crippen molar-refractivity contribution in [3.05, 3.63) is 95.6 Å². The molecule has 0 bridgehead atoms. The Kier molecular flexibility index (Phi) is 9.01. The summed E-state index contributed by atoms with van der Waals surface area (Å²) >= 11 is 0. The molecule has 0 aliphatic rings. The number of carbonyl (C=O) groups is 3. The lowest BCUT2D eigenvalue weighted by molar-refractivity contribution is -0.114. The summed E-state index contributed by atoms with van der Waals surface area (Å²) in [4.78, 5) is 37.5. The Balaban J connectivity index is 1.54. The zero-order valence-electron chi connectivity index (χ0n) is 20.3. The molecule has 0 saturated carbocycles. The van der Waals surface area contributed by atoms with Crippen molar-refractivity contribution in [2.24, 2.45) is 0 Å². The van der Waals surface area contributed by atoms with Crippen LogP contribution in [0.5, 0.6) is 0 Å². The average molecular weight is 473 g/mol. The summed E-state index contributed by atoms with van der Waals surface area (Å²) in [6.07, 6.45) is 0.846. The van der Waals surface area contributed by atoms with Gasteiger partial charge in [-0.3, -0.25) is 14.4 Å². The van der Waals surface area contributed by atoms with E-state index in [-0.39, 0.29) is 36.3 Å². The molecule has 4 N–H and O–H groups in total. The summed E-state index contributed by atoms with van der Waals surface area (Å²) in [6.45, 7) is 5.90. The molecule has 0 aromatic heterocycles. The number of benzene rings is 3. The summed E-state index contributed by atoms with van der Waals surface area (Å²) in [5, 5.41) is 11.7. The summed E-state index contributed by atoms with van der Waals surface area (Å²) in [5.74, 6) is -0.637. The number of carbonyl (C=O) groups excluding carboxylic acids is 3. The molecule has 3 rings (SSSR count). The molecule has 3 amide bonds. The summed E-state index contributed by atoms with van der Waals surface area (Å²) in [6, 6.07) is 23.5. The van der Waals surface area contributed by atoms with Crippen LogP contribution in [-0.4, -0.2) is 30.3 Å². The van der Waals surface area contributed by atoms with Crippen LogP contribution >= 0.6 is 0 Å². The van der Waals surface area contributed by atoms with Crippen molar-refractivity contribution in [2.45, 2.75) is 39.3 Å². The van der Waals surface area contributed by atoms with Gasteiger partial charge in [-0.15, -0.1) is 0 Å². The fourth-order valence-electron chi connectivity index (χ4n) is 3.41. The SMILES string of the molecule is CCC(C)NC(=O)c1cccc(NCC(=O)Nc2cccc(C(=O)NC(C)c3ccccc3)c2)c1. The first-order valence-corrected chi connectivity index (χ1v) is 11.8. The minimum atomic E-state index is -0.269. The first kappa shape index (κ1) is 25.5. The van der Waals surface area contributed by atoms with E-state index < -0.39 is 0 Å². The highest BCUT2D eigenvalue weighted by Gasteiger charge is 2.13. The van der Waals surface area contributed by atoms with E-state index in [2.05, 4.69) is 21.3 Å². The highest BCUT2D eigenvalue weighted by Crippen LogP contribution is 2.15. The highest BCUT2D eigenvalue weighted by atomic mass is 16.2. The van der Waals surface area contributed by atoms with Crippen LogP contribution in [0.15, 0.2) is 78.9 Å². The molecule has 0 saturated heterocycles. The monoisotopic (exact) mass is 472 g/mol. The quantitative estimate of drug-likeness (QED) is 0.342. The maximum Gasteiger partial charge on any atom is 0.251 e. The Hall–Kier alpha value is -4.13. The van der Waals surface area contributed by atoms with Gasteiger partial charge in [0, 0.05) is 28.5 Å². The molecule has 0 aliphatic heterocycles. The van der Waals surface area contributed by atoms with Crippen LogP contribution in [0.25, 0.3) is 0 Å². The van der Waals surface area contributed by atoms with E-state index in [1.807, 2.05) is 51.1 Å². The second-order valence-electron chi connectivity index (χ2n) is 8.45. The molecule has 35 heavy (non-hydrogen) atoms. The number of amides is 3. The van der Waals surface area contributed by atoms with Gasteiger partial charge in [0.1, 0.15) is 0 Å². The van der Waals surface area contributed by atoms with E-state index in [0.29, 0.717) is 22.5 Å². The number of nitrogens with one attached hydrogen (secondary N) is 4. The molecule has 0 radical (unpaired) electrons. The standard InChI is InChI=1S/C28H32N4O3/c1-4-19(2)30-27(34)22-12-8-14-24(16-22)29-18-26(33)32-25-15-9-13-23(17-25)28(35)31-20(3)21-10-6-5-7-11-21/h5-17,19-20,29H,4,18H2,1-3H3,(H,30,34)(H,31,35)(H,32,33). The fraction of sp³-hybridized carbons (Fsp3) is 0.250. The molecule has 7 heteroatoms. The molecular weight excluding hydrogens is 440 g/mol. The topological polar surface area (TPSA) is 99.3 Å². The number of rotatable bonds is 10. The van der Waals surface area contributed by atoms with Crippen molar-refractivity contribution in [1.29, 1.82) is 0 Å². The first-order chi connectivity index (χ1) is 16.9. The normalized spacial score (nSPS) is 12.2. The summed E-state index contributed by atoms with van der Waals surface area (Å²) in [7, 11) is 0. The van der Waals surface area contributed by atoms with Gasteiger partial charge in [0.05, 0.1) is 12.6 Å². The molecule has 182 valence electrons. The van der Waals surface area contributed by atoms with E-state index in [9.17, 15) is 14.4 Å². The van der Waals surface area contributed by atoms with Gasteiger partial charge in [0.2, 0.25) is 5.91 Å². The van der Waals surface area contributed by atoms with Crippen LogP contribution in [0.3, 0.4) is 0 Å². The summed E-state index contributed by atoms with van der Waals surface area (Å²) < 4.78 is 0. The minimum absolute atomic E-state index is 0.0118. The lowest BCUT2D eigenvalue weighted by atomic mass is 10.1. The zero-order chi connectivity index (χ0) is 25.2. The third-order valence-corrected chi connectivity index (χ3v) is 5.62. The van der Waals surface area contributed by atoms with Crippen molar-refractivity contribution in [2.75, 3.05) is 17.2 Å². The van der Waals surface area contributed by atoms with Gasteiger partial charge in [-0.2, -0.15) is 0 Å². The molecule has 0 spiro atoms. The second kappa shape index (κ2) is 12.4. The van der Waals surface area contributed by atoms with E-state index in [0.717, 1.165) is 12.0 Å². The minimum Gasteiger partial charge on any atom is -0.376 e. The van der Waals surface area contributed by atoms with Crippen LogP contribution in [0.2, 0.25) is 0 Å². The Labute approximate surface area is 206 Å². The molecular formula is C28H32N4O3. The van der Waals surface area contributed by atoms with Gasteiger partial charge in [-0.25, -0.2) is 0 Å². The molecule has 2 unspecified atom stereocenters. The fourth-order valence-corrected chi connectivity index (χ4v) is 3.41. The largest absolute Gasteiger partial charge is 0.376 e. The Morgan fingerprint density at radius 2 is 1.34 bits per heavy atom. The average Bonchev–Trinajstić information content (AvgIpc) is 2.88. The zero-order valence-corrected chi connectivity index (χ0v) is 20.3. The number of anilines is 2. The van der Waals surface area contributed by atoms with Gasteiger partial charge in [-0.1, -0.05) is 49.4 Å². The maximum atomic E-state index is 12.7. The second-order valence-corrected chi connectivity index (χ2v) is 8.45.